The molecule has 7 nitrogen and oxygen atoms in total. The van der Waals surface area contributed by atoms with Gasteiger partial charge in [-0.25, -0.2) is 0 Å². The summed E-state index contributed by atoms with van der Waals surface area (Å²) in [6, 6.07) is 22.1. The molecule has 34 heavy (non-hydrogen) atoms. The van der Waals surface area contributed by atoms with Crippen molar-refractivity contribution in [3.63, 3.8) is 0 Å². The minimum Gasteiger partial charge on any atom is -0.322 e. The maximum atomic E-state index is 13.4. The van der Waals surface area contributed by atoms with Gasteiger partial charge in [-0.3, -0.25) is 9.59 Å². The van der Waals surface area contributed by atoms with Crippen LogP contribution in [0.1, 0.15) is 15.9 Å². The van der Waals surface area contributed by atoms with E-state index < -0.39 is 0 Å². The van der Waals surface area contributed by atoms with Crippen LogP contribution in [-0.4, -0.2) is 30.6 Å². The lowest BCUT2D eigenvalue weighted by Crippen LogP contribution is -2.13. The monoisotopic (exact) mass is 511 g/mol. The number of hydrogen-bond donors (Lipinski definition) is 0. The fourth-order valence-corrected chi connectivity index (χ4v) is 4.09. The molecule has 3 aromatic carbocycles. The van der Waals surface area contributed by atoms with Gasteiger partial charge in [0, 0.05) is 33.9 Å². The molecule has 0 saturated heterocycles. The van der Waals surface area contributed by atoms with Gasteiger partial charge in [0.1, 0.15) is 0 Å². The molecule has 0 bridgehead atoms. The fourth-order valence-electron chi connectivity index (χ4n) is 3.69. The van der Waals surface area contributed by atoms with E-state index in [-0.39, 0.29) is 11.2 Å². The zero-order chi connectivity index (χ0) is 23.7. The predicted molar refractivity (Wildman–Crippen MR) is 135 cm³/mol. The molecule has 0 amide bonds. The number of pyridine rings is 1. The van der Waals surface area contributed by atoms with Gasteiger partial charge in [0.15, 0.2) is 11.6 Å². The molecule has 5 aromatic rings. The van der Waals surface area contributed by atoms with Crippen LogP contribution in [0.3, 0.4) is 0 Å². The van der Waals surface area contributed by atoms with Gasteiger partial charge < -0.3 is 4.57 Å². The number of tetrazole rings is 1. The van der Waals surface area contributed by atoms with E-state index in [0.29, 0.717) is 27.9 Å². The number of aromatic nitrogens is 5. The largest absolute Gasteiger partial charge is 0.322 e. The quantitative estimate of drug-likeness (QED) is 0.243. The summed E-state index contributed by atoms with van der Waals surface area (Å²) in [7, 11) is 0. The number of rotatable bonds is 5. The zero-order valence-corrected chi connectivity index (χ0v) is 19.7. The Labute approximate surface area is 203 Å². The van der Waals surface area contributed by atoms with Crippen LogP contribution in [-0.2, 0) is 0 Å². The highest BCUT2D eigenvalue weighted by Gasteiger charge is 2.17. The van der Waals surface area contributed by atoms with Gasteiger partial charge in [0.2, 0.25) is 5.43 Å². The number of benzene rings is 3. The van der Waals surface area contributed by atoms with Crippen LogP contribution in [0.2, 0.25) is 0 Å². The van der Waals surface area contributed by atoms with Crippen molar-refractivity contribution in [3.8, 4) is 17.1 Å². The SMILES string of the molecule is Cc1ccc(-n2nnnc2-c2cn(/C=C/C(=O)c3cccc(Br)c3)c3ccccc3c2=O)cc1. The molecular weight excluding hydrogens is 494 g/mol. The van der Waals surface area contributed by atoms with Gasteiger partial charge in [0.25, 0.3) is 0 Å². The van der Waals surface area contributed by atoms with Gasteiger partial charge in [0.05, 0.1) is 16.8 Å². The molecule has 0 N–H and O–H groups in total. The van der Waals surface area contributed by atoms with Crippen molar-refractivity contribution in [2.75, 3.05) is 0 Å². The Morgan fingerprint density at radius 3 is 2.59 bits per heavy atom. The zero-order valence-electron chi connectivity index (χ0n) is 18.1. The van der Waals surface area contributed by atoms with Gasteiger partial charge >= 0.3 is 0 Å². The first-order valence-corrected chi connectivity index (χ1v) is 11.3. The van der Waals surface area contributed by atoms with Crippen LogP contribution >= 0.6 is 15.9 Å². The van der Waals surface area contributed by atoms with Crippen LogP contribution in [0.25, 0.3) is 34.2 Å². The summed E-state index contributed by atoms with van der Waals surface area (Å²) in [5, 5.41) is 12.5. The van der Waals surface area contributed by atoms with E-state index in [1.54, 1.807) is 41.2 Å². The number of nitrogens with zero attached hydrogens (tertiary/aromatic N) is 5. The highest BCUT2D eigenvalue weighted by molar-refractivity contribution is 9.10. The van der Waals surface area contributed by atoms with Crippen LogP contribution in [0.5, 0.6) is 0 Å². The molecule has 0 aliphatic rings. The minimum atomic E-state index is -0.193. The number of para-hydroxylation sites is 1. The molecular formula is C26H18BrN5O2. The van der Waals surface area contributed by atoms with Crippen molar-refractivity contribution in [1.82, 2.24) is 24.8 Å². The summed E-state index contributed by atoms with van der Waals surface area (Å²) < 4.78 is 4.10. The lowest BCUT2D eigenvalue weighted by molar-refractivity contribution is 0.104. The summed E-state index contributed by atoms with van der Waals surface area (Å²) in [6.07, 6.45) is 4.78. The average Bonchev–Trinajstić information content (AvgIpc) is 3.34. The summed E-state index contributed by atoms with van der Waals surface area (Å²) >= 11 is 3.39. The van der Waals surface area contributed by atoms with Crippen LogP contribution in [0, 0.1) is 6.92 Å². The first-order valence-electron chi connectivity index (χ1n) is 10.5. The Balaban J connectivity index is 1.64. The van der Waals surface area contributed by atoms with Crippen molar-refractivity contribution >= 4 is 38.8 Å². The molecule has 2 aromatic heterocycles. The van der Waals surface area contributed by atoms with Gasteiger partial charge in [-0.2, -0.15) is 4.68 Å². The summed E-state index contributed by atoms with van der Waals surface area (Å²) in [6.45, 7) is 1.99. The van der Waals surface area contributed by atoms with Crippen molar-refractivity contribution < 1.29 is 4.79 Å². The third kappa shape index (κ3) is 4.11. The van der Waals surface area contributed by atoms with Crippen molar-refractivity contribution in [3.05, 3.63) is 111 Å². The van der Waals surface area contributed by atoms with E-state index in [1.165, 1.54) is 10.8 Å². The molecule has 2 heterocycles. The average molecular weight is 512 g/mol. The fraction of sp³-hybridized carbons (Fsp3) is 0.0385. The second-order valence-corrected chi connectivity index (χ2v) is 8.65. The molecule has 5 rings (SSSR count). The molecule has 0 unspecified atom stereocenters. The second-order valence-electron chi connectivity index (χ2n) is 7.74. The van der Waals surface area contributed by atoms with E-state index in [2.05, 4.69) is 31.5 Å². The molecule has 166 valence electrons. The van der Waals surface area contributed by atoms with E-state index in [4.69, 9.17) is 0 Å². The summed E-state index contributed by atoms with van der Waals surface area (Å²) in [5.41, 5.74) is 3.20. The van der Waals surface area contributed by atoms with Crippen LogP contribution < -0.4 is 5.43 Å². The highest BCUT2D eigenvalue weighted by atomic mass is 79.9. The number of fused-ring (bicyclic) bond motifs is 1. The normalized spacial score (nSPS) is 11.4. The smallest absolute Gasteiger partial charge is 0.200 e. The highest BCUT2D eigenvalue weighted by Crippen LogP contribution is 2.21. The molecule has 0 fully saturated rings. The maximum Gasteiger partial charge on any atom is 0.200 e. The van der Waals surface area contributed by atoms with Gasteiger partial charge in [-0.05, 0) is 53.7 Å². The Bertz CT molecular complexity index is 1620. The number of carbonyl (C=O) groups is 1. The maximum absolute atomic E-state index is 13.4. The van der Waals surface area contributed by atoms with Crippen molar-refractivity contribution in [1.29, 1.82) is 0 Å². The second kappa shape index (κ2) is 8.99. The van der Waals surface area contributed by atoms with Crippen LogP contribution in [0.4, 0.5) is 0 Å². The molecule has 8 heteroatoms. The Hall–Kier alpha value is -4.17. The van der Waals surface area contributed by atoms with Crippen molar-refractivity contribution in [2.24, 2.45) is 0 Å². The van der Waals surface area contributed by atoms with Gasteiger partial charge in [-0.1, -0.05) is 57.9 Å². The summed E-state index contributed by atoms with van der Waals surface area (Å²) in [5.74, 6) is 0.162. The van der Waals surface area contributed by atoms with E-state index in [0.717, 1.165) is 15.7 Å². The number of ketones is 1. The Morgan fingerprint density at radius 2 is 1.79 bits per heavy atom. The molecule has 0 spiro atoms. The number of hydrogen-bond acceptors (Lipinski definition) is 5. The predicted octanol–water partition coefficient (Wildman–Crippen LogP) is 5.07. The topological polar surface area (TPSA) is 82.7 Å². The molecule has 0 aliphatic heterocycles. The lowest BCUT2D eigenvalue weighted by Gasteiger charge is -2.10. The molecule has 0 saturated carbocycles. The van der Waals surface area contributed by atoms with E-state index in [1.807, 2.05) is 55.5 Å². The Kier molecular flexibility index (Phi) is 5.73. The van der Waals surface area contributed by atoms with Crippen molar-refractivity contribution in [2.45, 2.75) is 6.92 Å². The number of halogens is 1. The van der Waals surface area contributed by atoms with E-state index >= 15 is 0 Å². The molecule has 0 atom stereocenters. The number of carbonyl (C=O) groups excluding carboxylic acids is 1. The first kappa shape index (κ1) is 21.7. The third-order valence-electron chi connectivity index (χ3n) is 5.42. The summed E-state index contributed by atoms with van der Waals surface area (Å²) in [4.78, 5) is 26.1. The standard InChI is InChI=1S/C26H18BrN5O2/c1-17-9-11-20(12-10-17)32-26(28-29-30-32)22-16-31(23-8-3-2-7-21(23)25(22)34)14-13-24(33)18-5-4-6-19(27)15-18/h2-16H,1H3/b14-13+. The number of aryl methyl sites for hydroxylation is 1. The number of allylic oxidation sites excluding steroid dienone is 1. The Morgan fingerprint density at radius 1 is 1.00 bits per heavy atom. The molecule has 0 radical (unpaired) electrons. The van der Waals surface area contributed by atoms with Gasteiger partial charge in [-0.15, -0.1) is 5.10 Å². The third-order valence-corrected chi connectivity index (χ3v) is 5.92. The first-order chi connectivity index (χ1) is 16.5. The molecule has 0 aliphatic carbocycles. The van der Waals surface area contributed by atoms with E-state index in [9.17, 15) is 9.59 Å². The lowest BCUT2D eigenvalue weighted by atomic mass is 10.1. The minimum absolute atomic E-state index is 0.157. The van der Waals surface area contributed by atoms with Crippen LogP contribution in [0.15, 0.2) is 94.3 Å².